The summed E-state index contributed by atoms with van der Waals surface area (Å²) in [4.78, 5) is 31.2. The molecule has 2 amide bonds. The minimum absolute atomic E-state index is 0.0225. The number of nitrogens with one attached hydrogen (secondary N) is 1. The average molecular weight is 514 g/mol. The highest BCUT2D eigenvalue weighted by molar-refractivity contribution is 6.07. The zero-order valence-electron chi connectivity index (χ0n) is 21.9. The van der Waals surface area contributed by atoms with E-state index in [1.54, 1.807) is 18.2 Å². The van der Waals surface area contributed by atoms with Crippen LogP contribution in [0.1, 0.15) is 77.6 Å². The number of benzene rings is 3. The number of likely N-dealkylation sites (tertiary alicyclic amines) is 1. The molecule has 3 saturated heterocycles. The van der Waals surface area contributed by atoms with Gasteiger partial charge in [-0.05, 0) is 85.2 Å². The summed E-state index contributed by atoms with van der Waals surface area (Å²) in [6, 6.07) is 19.5. The molecule has 3 atom stereocenters. The highest BCUT2D eigenvalue weighted by atomic mass is 19.1. The van der Waals surface area contributed by atoms with Gasteiger partial charge in [0.15, 0.2) is 0 Å². The van der Waals surface area contributed by atoms with Gasteiger partial charge in [-0.1, -0.05) is 43.2 Å². The number of nitrogens with zero attached hydrogens (tertiary/aromatic N) is 2. The molecule has 0 saturated carbocycles. The highest BCUT2D eigenvalue weighted by Gasteiger charge is 2.41. The molecule has 0 spiro atoms. The maximum absolute atomic E-state index is 13.6. The largest absolute Gasteiger partial charge is 0.349 e. The summed E-state index contributed by atoms with van der Waals surface area (Å²) >= 11 is 0. The van der Waals surface area contributed by atoms with Gasteiger partial charge >= 0.3 is 0 Å². The summed E-state index contributed by atoms with van der Waals surface area (Å²) in [5, 5.41) is 5.27. The lowest BCUT2D eigenvalue weighted by atomic mass is 9.95. The Labute approximate surface area is 224 Å². The van der Waals surface area contributed by atoms with E-state index < -0.39 is 0 Å². The lowest BCUT2D eigenvalue weighted by Crippen LogP contribution is -2.50. The molecule has 3 fully saturated rings. The molecule has 0 radical (unpaired) electrons. The summed E-state index contributed by atoms with van der Waals surface area (Å²) in [6.45, 7) is 2.41. The lowest BCUT2D eigenvalue weighted by Gasteiger charge is -2.39. The second-order valence-electron chi connectivity index (χ2n) is 11.3. The summed E-state index contributed by atoms with van der Waals surface area (Å²) < 4.78 is 13.6. The van der Waals surface area contributed by atoms with Gasteiger partial charge in [-0.25, -0.2) is 4.39 Å². The summed E-state index contributed by atoms with van der Waals surface area (Å²) in [6.07, 6.45) is 8.49. The van der Waals surface area contributed by atoms with E-state index in [9.17, 15) is 14.0 Å². The van der Waals surface area contributed by atoms with Crippen molar-refractivity contribution in [2.75, 3.05) is 13.1 Å². The van der Waals surface area contributed by atoms with E-state index in [1.165, 1.54) is 11.6 Å². The van der Waals surface area contributed by atoms with Crippen LogP contribution in [0.5, 0.6) is 0 Å². The molecular formula is C32H36FN3O2. The number of amides is 2. The standard InChI is InChI=1S/C32H36FN3O2/c33-25-12-11-23-17-22(9-10-24(23)18-25)21-36-27-13-14-28(36)20-26(19-27)34-31(37)29-7-3-4-8-30(29)32(38)35-15-5-1-2-6-16-35/h3-4,7-12,17-18,26-28H,1-2,5-6,13-16,19-21H2,(H,34,37)/t26?,27-,28+. The molecular weight excluding hydrogens is 477 g/mol. The number of fused-ring (bicyclic) bond motifs is 3. The van der Waals surface area contributed by atoms with Crippen molar-refractivity contribution in [3.8, 4) is 0 Å². The molecule has 0 aliphatic carbocycles. The molecule has 3 aliphatic rings. The van der Waals surface area contributed by atoms with Crippen LogP contribution < -0.4 is 5.32 Å². The number of carbonyl (C=O) groups is 2. The Kier molecular flexibility index (Phi) is 7.16. The van der Waals surface area contributed by atoms with E-state index >= 15 is 0 Å². The number of hydrogen-bond acceptors (Lipinski definition) is 3. The summed E-state index contributed by atoms with van der Waals surface area (Å²) in [5.74, 6) is -0.365. The number of halogens is 1. The van der Waals surface area contributed by atoms with Gasteiger partial charge in [0.25, 0.3) is 11.8 Å². The number of hydrogen-bond donors (Lipinski definition) is 1. The van der Waals surface area contributed by atoms with Crippen molar-refractivity contribution in [2.24, 2.45) is 0 Å². The quantitative estimate of drug-likeness (QED) is 0.461. The van der Waals surface area contributed by atoms with Crippen molar-refractivity contribution < 1.29 is 14.0 Å². The normalized spacial score (nSPS) is 23.8. The van der Waals surface area contributed by atoms with E-state index in [0.29, 0.717) is 23.2 Å². The van der Waals surface area contributed by atoms with E-state index in [2.05, 4.69) is 22.3 Å². The maximum atomic E-state index is 13.6. The molecule has 198 valence electrons. The third kappa shape index (κ3) is 5.19. The van der Waals surface area contributed by atoms with Crippen LogP contribution in [0, 0.1) is 5.82 Å². The molecule has 38 heavy (non-hydrogen) atoms. The van der Waals surface area contributed by atoms with E-state index in [-0.39, 0.29) is 23.7 Å². The fourth-order valence-electron chi connectivity index (χ4n) is 6.80. The van der Waals surface area contributed by atoms with Crippen LogP contribution in [0.4, 0.5) is 4.39 Å². The molecule has 2 bridgehead atoms. The molecule has 6 rings (SSSR count). The third-order valence-corrected chi connectivity index (χ3v) is 8.75. The van der Waals surface area contributed by atoms with E-state index in [1.807, 2.05) is 29.2 Å². The van der Waals surface area contributed by atoms with Gasteiger partial charge in [0.1, 0.15) is 5.82 Å². The second-order valence-corrected chi connectivity index (χ2v) is 11.3. The Balaban J connectivity index is 1.11. The molecule has 5 nitrogen and oxygen atoms in total. The molecule has 0 aromatic heterocycles. The van der Waals surface area contributed by atoms with Crippen LogP contribution in [0.25, 0.3) is 10.8 Å². The molecule has 6 heteroatoms. The Bertz CT molecular complexity index is 1320. The Morgan fingerprint density at radius 1 is 0.816 bits per heavy atom. The number of rotatable bonds is 5. The summed E-state index contributed by atoms with van der Waals surface area (Å²) in [7, 11) is 0. The van der Waals surface area contributed by atoms with Crippen LogP contribution in [0.15, 0.2) is 60.7 Å². The minimum Gasteiger partial charge on any atom is -0.349 e. The van der Waals surface area contributed by atoms with Gasteiger partial charge in [-0.2, -0.15) is 0 Å². The van der Waals surface area contributed by atoms with Gasteiger partial charge in [-0.15, -0.1) is 0 Å². The molecule has 3 aliphatic heterocycles. The zero-order chi connectivity index (χ0) is 26.1. The fourth-order valence-corrected chi connectivity index (χ4v) is 6.80. The van der Waals surface area contributed by atoms with Crippen LogP contribution in [-0.4, -0.2) is 52.8 Å². The minimum atomic E-state index is -0.207. The van der Waals surface area contributed by atoms with Crippen LogP contribution in [-0.2, 0) is 6.54 Å². The lowest BCUT2D eigenvalue weighted by molar-refractivity contribution is 0.0747. The van der Waals surface area contributed by atoms with Gasteiger partial charge in [0, 0.05) is 37.8 Å². The Morgan fingerprint density at radius 2 is 1.47 bits per heavy atom. The van der Waals surface area contributed by atoms with Gasteiger partial charge < -0.3 is 10.2 Å². The van der Waals surface area contributed by atoms with E-state index in [4.69, 9.17) is 0 Å². The van der Waals surface area contributed by atoms with E-state index in [0.717, 1.165) is 81.8 Å². The monoisotopic (exact) mass is 513 g/mol. The Hall–Kier alpha value is -3.25. The first-order valence-corrected chi connectivity index (χ1v) is 14.2. The van der Waals surface area contributed by atoms with Crippen LogP contribution in [0.2, 0.25) is 0 Å². The first kappa shape index (κ1) is 25.1. The van der Waals surface area contributed by atoms with Gasteiger partial charge in [0.2, 0.25) is 0 Å². The average Bonchev–Trinajstić information content (AvgIpc) is 3.13. The summed E-state index contributed by atoms with van der Waals surface area (Å²) in [5.41, 5.74) is 2.25. The first-order chi connectivity index (χ1) is 18.5. The van der Waals surface area contributed by atoms with Gasteiger partial charge in [-0.3, -0.25) is 14.5 Å². The first-order valence-electron chi connectivity index (χ1n) is 14.2. The predicted molar refractivity (Wildman–Crippen MR) is 148 cm³/mol. The zero-order valence-corrected chi connectivity index (χ0v) is 21.9. The molecule has 1 N–H and O–H groups in total. The van der Waals surface area contributed by atoms with Crippen LogP contribution in [0.3, 0.4) is 0 Å². The van der Waals surface area contributed by atoms with Crippen molar-refractivity contribution in [3.05, 3.63) is 83.2 Å². The molecule has 3 aromatic rings. The SMILES string of the molecule is O=C(NC1C[C@H]2CC[C@@H](C1)N2Cc1ccc2cc(F)ccc2c1)c1ccccc1C(=O)N1CCCCCC1. The molecule has 3 heterocycles. The topological polar surface area (TPSA) is 52.7 Å². The maximum Gasteiger partial charge on any atom is 0.254 e. The Morgan fingerprint density at radius 3 is 2.21 bits per heavy atom. The molecule has 1 unspecified atom stereocenters. The van der Waals surface area contributed by atoms with Crippen molar-refractivity contribution in [2.45, 2.75) is 76.0 Å². The highest BCUT2D eigenvalue weighted by Crippen LogP contribution is 2.37. The van der Waals surface area contributed by atoms with Crippen molar-refractivity contribution in [1.29, 1.82) is 0 Å². The number of piperidine rings is 1. The van der Waals surface area contributed by atoms with Crippen molar-refractivity contribution >= 4 is 22.6 Å². The van der Waals surface area contributed by atoms with Crippen molar-refractivity contribution in [3.63, 3.8) is 0 Å². The number of carbonyl (C=O) groups excluding carboxylic acids is 2. The third-order valence-electron chi connectivity index (χ3n) is 8.75. The smallest absolute Gasteiger partial charge is 0.254 e. The second kappa shape index (κ2) is 10.9. The van der Waals surface area contributed by atoms with Crippen LogP contribution >= 0.6 is 0 Å². The molecule has 3 aromatic carbocycles. The van der Waals surface area contributed by atoms with Gasteiger partial charge in [0.05, 0.1) is 11.1 Å². The fraction of sp³-hybridized carbons (Fsp3) is 0.438. The van der Waals surface area contributed by atoms with Crippen molar-refractivity contribution in [1.82, 2.24) is 15.1 Å². The predicted octanol–water partition coefficient (Wildman–Crippen LogP) is 5.92.